The van der Waals surface area contributed by atoms with Crippen LogP contribution in [0, 0.1) is 24.1 Å². The molecule has 0 unspecified atom stereocenters. The molecule has 6 nitrogen and oxygen atoms in total. The van der Waals surface area contributed by atoms with Crippen molar-refractivity contribution in [3.63, 3.8) is 0 Å². The van der Waals surface area contributed by atoms with Crippen LogP contribution in [-0.2, 0) is 9.53 Å². The first-order valence-corrected chi connectivity index (χ1v) is 10.2. The Bertz CT molecular complexity index is 820. The van der Waals surface area contributed by atoms with Gasteiger partial charge in [-0.1, -0.05) is 0 Å². The van der Waals surface area contributed by atoms with Crippen molar-refractivity contribution in [3.8, 4) is 0 Å². The number of piperidine rings is 1. The Balaban J connectivity index is 1.12. The van der Waals surface area contributed by atoms with Gasteiger partial charge in [0.2, 0.25) is 5.91 Å². The fourth-order valence-corrected chi connectivity index (χ4v) is 5.62. The van der Waals surface area contributed by atoms with Gasteiger partial charge in [-0.2, -0.15) is 0 Å². The van der Waals surface area contributed by atoms with Crippen LogP contribution in [0.2, 0.25) is 0 Å². The summed E-state index contributed by atoms with van der Waals surface area (Å²) in [5.74, 6) is 0.412. The second-order valence-corrected chi connectivity index (χ2v) is 9.32. The van der Waals surface area contributed by atoms with E-state index in [1.165, 1.54) is 6.07 Å². The number of alkyl carbamates (subject to hydrolysis) is 1. The van der Waals surface area contributed by atoms with Gasteiger partial charge in [0.05, 0.1) is 11.2 Å². The highest BCUT2D eigenvalue weighted by Crippen LogP contribution is 2.56. The molecule has 2 spiro atoms. The molecular weight excluding hydrogens is 361 g/mol. The minimum Gasteiger partial charge on any atom is -0.447 e. The van der Waals surface area contributed by atoms with Gasteiger partial charge in [-0.3, -0.25) is 9.78 Å². The lowest BCUT2D eigenvalue weighted by Gasteiger charge is -2.53. The lowest BCUT2D eigenvalue weighted by molar-refractivity contribution is -0.144. The number of aryl methyl sites for hydroxylation is 1. The number of cyclic esters (lactones) is 1. The quantitative estimate of drug-likeness (QED) is 0.847. The molecule has 150 valence electrons. The van der Waals surface area contributed by atoms with Crippen molar-refractivity contribution in [2.75, 3.05) is 19.7 Å². The Hall–Kier alpha value is -2.18. The van der Waals surface area contributed by atoms with Gasteiger partial charge < -0.3 is 15.0 Å². The monoisotopic (exact) mass is 387 g/mol. The zero-order valence-corrected chi connectivity index (χ0v) is 16.2. The maximum absolute atomic E-state index is 13.4. The minimum atomic E-state index is -0.365. The van der Waals surface area contributed by atoms with Crippen molar-refractivity contribution < 1.29 is 18.7 Å². The zero-order valence-electron chi connectivity index (χ0n) is 16.2. The lowest BCUT2D eigenvalue weighted by atomic mass is 9.56. The first-order chi connectivity index (χ1) is 13.4. The van der Waals surface area contributed by atoms with Crippen molar-refractivity contribution in [1.29, 1.82) is 0 Å². The number of amides is 2. The number of carbonyl (C=O) groups excluding carboxylic acids is 2. The number of aromatic nitrogens is 1. The zero-order chi connectivity index (χ0) is 19.5. The van der Waals surface area contributed by atoms with Crippen LogP contribution in [0.1, 0.15) is 55.8 Å². The van der Waals surface area contributed by atoms with E-state index in [4.69, 9.17) is 4.74 Å². The molecule has 3 heterocycles. The Labute approximate surface area is 163 Å². The summed E-state index contributed by atoms with van der Waals surface area (Å²) < 4.78 is 18.4. The third kappa shape index (κ3) is 2.86. The highest BCUT2D eigenvalue weighted by Gasteiger charge is 2.54. The minimum absolute atomic E-state index is 0.0107. The number of rotatable bonds is 2. The Kier molecular flexibility index (Phi) is 3.93. The first kappa shape index (κ1) is 17.9. The molecule has 2 aliphatic heterocycles. The van der Waals surface area contributed by atoms with Crippen molar-refractivity contribution in [2.24, 2.45) is 11.3 Å². The maximum Gasteiger partial charge on any atom is 0.407 e. The smallest absolute Gasteiger partial charge is 0.407 e. The van der Waals surface area contributed by atoms with E-state index in [0.717, 1.165) is 44.5 Å². The summed E-state index contributed by atoms with van der Waals surface area (Å²) in [7, 11) is 0. The molecule has 0 radical (unpaired) electrons. The average Bonchev–Trinajstić information content (AvgIpc) is 3.03. The molecule has 1 aromatic heterocycles. The standard InChI is InChI=1S/C21H26FN3O3/c1-13-16(22)2-3-17(23-13)14-8-20(9-14)4-6-25(7-5-20)18(26)15-10-21(11-15)12-28-19(27)24-21/h2-3,14-15H,4-12H2,1H3,(H,24,27)/t15-,21+. The number of pyridine rings is 1. The van der Waals surface area contributed by atoms with Gasteiger partial charge in [0.1, 0.15) is 12.4 Å². The number of nitrogens with one attached hydrogen (secondary N) is 1. The summed E-state index contributed by atoms with van der Waals surface area (Å²) in [5, 5.41) is 2.85. The molecule has 4 aliphatic rings. The summed E-state index contributed by atoms with van der Waals surface area (Å²) in [6.07, 6.45) is 5.26. The molecule has 2 amide bonds. The van der Waals surface area contributed by atoms with Gasteiger partial charge in [-0.05, 0) is 63.0 Å². The molecule has 2 saturated carbocycles. The number of hydrogen-bond donors (Lipinski definition) is 1. The summed E-state index contributed by atoms with van der Waals surface area (Å²) in [6, 6.07) is 3.34. The van der Waals surface area contributed by atoms with Gasteiger partial charge in [-0.15, -0.1) is 0 Å². The van der Waals surface area contributed by atoms with Crippen LogP contribution in [0.3, 0.4) is 0 Å². The summed E-state index contributed by atoms with van der Waals surface area (Å²) >= 11 is 0. The van der Waals surface area contributed by atoms with Crippen LogP contribution in [-0.4, -0.2) is 47.1 Å². The largest absolute Gasteiger partial charge is 0.447 e. The summed E-state index contributed by atoms with van der Waals surface area (Å²) in [4.78, 5) is 30.5. The highest BCUT2D eigenvalue weighted by molar-refractivity contribution is 5.81. The van der Waals surface area contributed by atoms with Gasteiger partial charge in [-0.25, -0.2) is 9.18 Å². The van der Waals surface area contributed by atoms with Gasteiger partial charge in [0, 0.05) is 30.6 Å². The van der Waals surface area contributed by atoms with E-state index in [2.05, 4.69) is 10.3 Å². The number of likely N-dealkylation sites (tertiary alicyclic amines) is 1. The van der Waals surface area contributed by atoms with Crippen molar-refractivity contribution in [1.82, 2.24) is 15.2 Å². The third-order valence-corrected chi connectivity index (χ3v) is 7.43. The molecule has 7 heteroatoms. The molecular formula is C21H26FN3O3. The molecule has 5 rings (SSSR count). The molecule has 28 heavy (non-hydrogen) atoms. The number of carbonyl (C=O) groups is 2. The van der Waals surface area contributed by atoms with Gasteiger partial charge >= 0.3 is 6.09 Å². The van der Waals surface area contributed by atoms with Crippen molar-refractivity contribution in [2.45, 2.75) is 56.9 Å². The first-order valence-electron chi connectivity index (χ1n) is 10.2. The average molecular weight is 387 g/mol. The Morgan fingerprint density at radius 2 is 1.96 bits per heavy atom. The summed E-state index contributed by atoms with van der Waals surface area (Å²) in [5.41, 5.74) is 1.50. The lowest BCUT2D eigenvalue weighted by Crippen LogP contribution is -2.59. The molecule has 2 saturated heterocycles. The van der Waals surface area contributed by atoms with Crippen LogP contribution >= 0.6 is 0 Å². The van der Waals surface area contributed by atoms with E-state index < -0.39 is 0 Å². The van der Waals surface area contributed by atoms with E-state index in [-0.39, 0.29) is 29.3 Å². The van der Waals surface area contributed by atoms with Crippen LogP contribution in [0.25, 0.3) is 0 Å². The topological polar surface area (TPSA) is 71.5 Å². The van der Waals surface area contributed by atoms with E-state index in [9.17, 15) is 14.0 Å². The maximum atomic E-state index is 13.4. The number of halogens is 1. The number of ether oxygens (including phenoxy) is 1. The van der Waals surface area contributed by atoms with Gasteiger partial charge in [0.15, 0.2) is 0 Å². The van der Waals surface area contributed by atoms with Gasteiger partial charge in [0.25, 0.3) is 0 Å². The number of nitrogens with zero attached hydrogens (tertiary/aromatic N) is 2. The predicted octanol–water partition coefficient (Wildman–Crippen LogP) is 2.90. The molecule has 0 atom stereocenters. The Morgan fingerprint density at radius 1 is 1.25 bits per heavy atom. The summed E-state index contributed by atoms with van der Waals surface area (Å²) in [6.45, 7) is 3.73. The van der Waals surface area contributed by atoms with Crippen molar-refractivity contribution >= 4 is 12.0 Å². The SMILES string of the molecule is Cc1nc(C2CC3(CCN(C(=O)[C@H]4C[C@]5(COC(=O)N5)C4)CC3)C2)ccc1F. The van der Waals surface area contributed by atoms with Crippen LogP contribution in [0.4, 0.5) is 9.18 Å². The van der Waals surface area contributed by atoms with E-state index in [1.54, 1.807) is 6.92 Å². The molecule has 1 aromatic rings. The Morgan fingerprint density at radius 3 is 2.57 bits per heavy atom. The predicted molar refractivity (Wildman–Crippen MR) is 99.1 cm³/mol. The molecule has 2 aliphatic carbocycles. The molecule has 1 N–H and O–H groups in total. The van der Waals surface area contributed by atoms with E-state index in [1.807, 2.05) is 11.0 Å². The second kappa shape index (κ2) is 6.16. The fourth-order valence-electron chi connectivity index (χ4n) is 5.62. The number of hydrogen-bond acceptors (Lipinski definition) is 4. The fraction of sp³-hybridized carbons (Fsp3) is 0.667. The molecule has 0 aromatic carbocycles. The van der Waals surface area contributed by atoms with E-state index >= 15 is 0 Å². The molecule has 0 bridgehead atoms. The van der Waals surface area contributed by atoms with Crippen LogP contribution < -0.4 is 5.32 Å². The van der Waals surface area contributed by atoms with Crippen molar-refractivity contribution in [3.05, 3.63) is 29.3 Å². The second-order valence-electron chi connectivity index (χ2n) is 9.32. The van der Waals surface area contributed by atoms with E-state index in [0.29, 0.717) is 36.5 Å². The highest BCUT2D eigenvalue weighted by atomic mass is 19.1. The normalized spacial score (nSPS) is 27.9. The third-order valence-electron chi connectivity index (χ3n) is 7.43. The van der Waals surface area contributed by atoms with Crippen LogP contribution in [0.5, 0.6) is 0 Å². The van der Waals surface area contributed by atoms with Crippen LogP contribution in [0.15, 0.2) is 12.1 Å². The molecule has 4 fully saturated rings.